The first kappa shape index (κ1) is 21.5. The van der Waals surface area contributed by atoms with Crippen LogP contribution >= 0.6 is 0 Å². The second kappa shape index (κ2) is 9.91. The predicted molar refractivity (Wildman–Crippen MR) is 103 cm³/mol. The number of sulfonamides is 1. The number of amides is 1. The van der Waals surface area contributed by atoms with Crippen molar-refractivity contribution in [3.8, 4) is 11.5 Å². The lowest BCUT2D eigenvalue weighted by Crippen LogP contribution is -2.47. The highest BCUT2D eigenvalue weighted by Gasteiger charge is 2.26. The molecule has 152 valence electrons. The monoisotopic (exact) mass is 399 g/mol. The van der Waals surface area contributed by atoms with Gasteiger partial charge >= 0.3 is 0 Å². The third-order valence-electron chi connectivity index (χ3n) is 4.51. The smallest absolute Gasteiger partial charge is 0.243 e. The standard InChI is InChI=1S/C18H29N3O5S/c1-4-10-21(11-7-18(22)20-12-8-19-9-13-20)27(23,24)15-5-6-16(25-2)17(14-15)26-3/h5-6,14,19H,4,7-13H2,1-3H3. The van der Waals surface area contributed by atoms with Crippen LogP contribution in [-0.4, -0.2) is 77.0 Å². The molecule has 9 heteroatoms. The van der Waals surface area contributed by atoms with E-state index in [-0.39, 0.29) is 23.8 Å². The van der Waals surface area contributed by atoms with Crippen molar-refractivity contribution in [2.24, 2.45) is 0 Å². The molecule has 0 unspecified atom stereocenters. The summed E-state index contributed by atoms with van der Waals surface area (Å²) in [5.41, 5.74) is 0. The first-order valence-corrected chi connectivity index (χ1v) is 10.6. The second-order valence-corrected chi connectivity index (χ2v) is 8.24. The van der Waals surface area contributed by atoms with Crippen LogP contribution in [0.4, 0.5) is 0 Å². The Hall–Kier alpha value is -1.84. The van der Waals surface area contributed by atoms with E-state index < -0.39 is 10.0 Å². The quantitative estimate of drug-likeness (QED) is 0.665. The third-order valence-corrected chi connectivity index (χ3v) is 6.41. The molecule has 0 bridgehead atoms. The Balaban J connectivity index is 2.14. The van der Waals surface area contributed by atoms with Crippen LogP contribution in [0.25, 0.3) is 0 Å². The van der Waals surface area contributed by atoms with E-state index in [0.29, 0.717) is 37.6 Å². The molecule has 1 aromatic rings. The van der Waals surface area contributed by atoms with Gasteiger partial charge < -0.3 is 19.7 Å². The van der Waals surface area contributed by atoms with Gasteiger partial charge in [0.15, 0.2) is 11.5 Å². The lowest BCUT2D eigenvalue weighted by molar-refractivity contribution is -0.131. The molecule has 1 aromatic carbocycles. The third kappa shape index (κ3) is 5.33. The van der Waals surface area contributed by atoms with E-state index in [1.165, 1.54) is 30.7 Å². The molecule has 0 spiro atoms. The van der Waals surface area contributed by atoms with E-state index in [2.05, 4.69) is 5.32 Å². The van der Waals surface area contributed by atoms with E-state index in [1.54, 1.807) is 11.0 Å². The van der Waals surface area contributed by atoms with Gasteiger partial charge in [-0.2, -0.15) is 4.31 Å². The normalized spacial score (nSPS) is 15.0. The van der Waals surface area contributed by atoms with Crippen LogP contribution in [0.1, 0.15) is 19.8 Å². The van der Waals surface area contributed by atoms with Crippen LogP contribution in [0.15, 0.2) is 23.1 Å². The highest BCUT2D eigenvalue weighted by atomic mass is 32.2. The fourth-order valence-electron chi connectivity index (χ4n) is 3.02. The zero-order valence-corrected chi connectivity index (χ0v) is 17.0. The molecular weight excluding hydrogens is 370 g/mol. The highest BCUT2D eigenvalue weighted by Crippen LogP contribution is 2.30. The number of methoxy groups -OCH3 is 2. The fourth-order valence-corrected chi connectivity index (χ4v) is 4.57. The van der Waals surface area contributed by atoms with Crippen molar-refractivity contribution in [1.29, 1.82) is 0 Å². The van der Waals surface area contributed by atoms with Gasteiger partial charge in [0.05, 0.1) is 19.1 Å². The van der Waals surface area contributed by atoms with Crippen LogP contribution in [0.3, 0.4) is 0 Å². The molecule has 2 rings (SSSR count). The molecule has 8 nitrogen and oxygen atoms in total. The number of hydrogen-bond donors (Lipinski definition) is 1. The topological polar surface area (TPSA) is 88.2 Å². The minimum absolute atomic E-state index is 0.0138. The van der Waals surface area contributed by atoms with Crippen molar-refractivity contribution in [3.05, 3.63) is 18.2 Å². The van der Waals surface area contributed by atoms with Crippen LogP contribution in [0, 0.1) is 0 Å². The second-order valence-electron chi connectivity index (χ2n) is 6.30. The number of carbonyl (C=O) groups excluding carboxylic acids is 1. The summed E-state index contributed by atoms with van der Waals surface area (Å²) < 4.78 is 37.9. The van der Waals surface area contributed by atoms with Gasteiger partial charge in [0.2, 0.25) is 15.9 Å². The van der Waals surface area contributed by atoms with Gasteiger partial charge in [-0.3, -0.25) is 4.79 Å². The van der Waals surface area contributed by atoms with E-state index in [9.17, 15) is 13.2 Å². The van der Waals surface area contributed by atoms with Crippen LogP contribution in [-0.2, 0) is 14.8 Å². The maximum absolute atomic E-state index is 13.1. The molecule has 1 heterocycles. The van der Waals surface area contributed by atoms with E-state index in [0.717, 1.165) is 13.1 Å². The van der Waals surface area contributed by atoms with Gasteiger partial charge in [0, 0.05) is 51.8 Å². The Kier molecular flexibility index (Phi) is 7.88. The van der Waals surface area contributed by atoms with Gasteiger partial charge in [-0.05, 0) is 18.6 Å². The van der Waals surface area contributed by atoms with Crippen LogP contribution < -0.4 is 14.8 Å². The summed E-state index contributed by atoms with van der Waals surface area (Å²) in [5.74, 6) is 0.805. The van der Waals surface area contributed by atoms with Crippen LogP contribution in [0.5, 0.6) is 11.5 Å². The zero-order chi connectivity index (χ0) is 19.9. The van der Waals surface area contributed by atoms with Crippen molar-refractivity contribution < 1.29 is 22.7 Å². The van der Waals surface area contributed by atoms with Crippen molar-refractivity contribution >= 4 is 15.9 Å². The maximum Gasteiger partial charge on any atom is 0.243 e. The van der Waals surface area contributed by atoms with E-state index >= 15 is 0 Å². The Labute approximate surface area is 161 Å². The number of hydrogen-bond acceptors (Lipinski definition) is 6. The van der Waals surface area contributed by atoms with Gasteiger partial charge in [-0.15, -0.1) is 0 Å². The summed E-state index contributed by atoms with van der Waals surface area (Å²) in [6.07, 6.45) is 0.834. The molecule has 0 radical (unpaired) electrons. The van der Waals surface area contributed by atoms with Gasteiger partial charge in [-0.1, -0.05) is 6.92 Å². The van der Waals surface area contributed by atoms with Crippen molar-refractivity contribution in [3.63, 3.8) is 0 Å². The van der Waals surface area contributed by atoms with Crippen molar-refractivity contribution in [2.45, 2.75) is 24.7 Å². The fraction of sp³-hybridized carbons (Fsp3) is 0.611. The predicted octanol–water partition coefficient (Wildman–Crippen LogP) is 0.926. The molecule has 1 aliphatic heterocycles. The Bertz CT molecular complexity index is 733. The minimum atomic E-state index is -3.73. The van der Waals surface area contributed by atoms with Gasteiger partial charge in [0.1, 0.15) is 0 Å². The average Bonchev–Trinajstić information content (AvgIpc) is 2.70. The summed E-state index contributed by atoms with van der Waals surface area (Å²) in [6.45, 7) is 5.29. The molecule has 0 aliphatic carbocycles. The molecule has 27 heavy (non-hydrogen) atoms. The van der Waals surface area contributed by atoms with Crippen LogP contribution in [0.2, 0.25) is 0 Å². The molecule has 0 saturated carbocycles. The van der Waals surface area contributed by atoms with Gasteiger partial charge in [-0.25, -0.2) is 8.42 Å². The summed E-state index contributed by atoms with van der Waals surface area (Å²) in [6, 6.07) is 4.52. The SMILES string of the molecule is CCCN(CCC(=O)N1CCNCC1)S(=O)(=O)c1ccc(OC)c(OC)c1. The number of ether oxygens (including phenoxy) is 2. The lowest BCUT2D eigenvalue weighted by Gasteiger charge is -2.28. The molecular formula is C18H29N3O5S. The number of piperazine rings is 1. The molecule has 1 saturated heterocycles. The first-order chi connectivity index (χ1) is 12.9. The molecule has 1 N–H and O–H groups in total. The molecule has 0 aromatic heterocycles. The molecule has 1 fully saturated rings. The highest BCUT2D eigenvalue weighted by molar-refractivity contribution is 7.89. The first-order valence-electron chi connectivity index (χ1n) is 9.14. The Morgan fingerprint density at radius 3 is 2.41 bits per heavy atom. The number of carbonyl (C=O) groups is 1. The van der Waals surface area contributed by atoms with E-state index in [4.69, 9.17) is 9.47 Å². The van der Waals surface area contributed by atoms with Gasteiger partial charge in [0.25, 0.3) is 0 Å². The van der Waals surface area contributed by atoms with E-state index in [1.807, 2.05) is 6.92 Å². The lowest BCUT2D eigenvalue weighted by atomic mass is 10.3. The maximum atomic E-state index is 13.1. The molecule has 0 atom stereocenters. The minimum Gasteiger partial charge on any atom is -0.493 e. The number of nitrogens with one attached hydrogen (secondary N) is 1. The number of nitrogens with zero attached hydrogens (tertiary/aromatic N) is 2. The molecule has 1 aliphatic rings. The summed E-state index contributed by atoms with van der Waals surface area (Å²) in [5, 5.41) is 3.20. The largest absolute Gasteiger partial charge is 0.493 e. The zero-order valence-electron chi connectivity index (χ0n) is 16.2. The Morgan fingerprint density at radius 1 is 1.15 bits per heavy atom. The number of rotatable bonds is 9. The summed E-state index contributed by atoms with van der Waals surface area (Å²) in [4.78, 5) is 14.3. The van der Waals surface area contributed by atoms with Crippen molar-refractivity contribution in [2.75, 3.05) is 53.5 Å². The average molecular weight is 400 g/mol. The summed E-state index contributed by atoms with van der Waals surface area (Å²) in [7, 11) is -0.773. The van der Waals surface area contributed by atoms with Crippen molar-refractivity contribution in [1.82, 2.24) is 14.5 Å². The summed E-state index contributed by atoms with van der Waals surface area (Å²) >= 11 is 0. The Morgan fingerprint density at radius 2 is 1.81 bits per heavy atom. The number of benzene rings is 1. The molecule has 1 amide bonds.